The lowest BCUT2D eigenvalue weighted by Crippen LogP contribution is -2.10. The van der Waals surface area contributed by atoms with Gasteiger partial charge in [0, 0.05) is 11.1 Å². The molecule has 2 rings (SSSR count). The third-order valence-electron chi connectivity index (χ3n) is 2.35. The maximum atomic E-state index is 7.40. The Balaban J connectivity index is 2.57. The molecule has 0 aromatic heterocycles. The quantitative estimate of drug-likeness (QED) is 0.630. The SMILES string of the molecule is N=C(N)c1cc[c]c(-c2cccc(Cl)c2Cl)c1. The maximum absolute atomic E-state index is 7.40. The van der Waals surface area contributed by atoms with Crippen molar-refractivity contribution >= 4 is 29.0 Å². The lowest BCUT2D eigenvalue weighted by molar-refractivity contribution is 1.42. The zero-order valence-electron chi connectivity index (χ0n) is 8.80. The van der Waals surface area contributed by atoms with E-state index in [1.165, 1.54) is 0 Å². The van der Waals surface area contributed by atoms with Crippen molar-refractivity contribution in [1.29, 1.82) is 5.41 Å². The Labute approximate surface area is 109 Å². The van der Waals surface area contributed by atoms with Crippen LogP contribution < -0.4 is 5.73 Å². The van der Waals surface area contributed by atoms with Crippen LogP contribution in [-0.2, 0) is 0 Å². The van der Waals surface area contributed by atoms with Gasteiger partial charge in [-0.3, -0.25) is 5.41 Å². The molecule has 0 saturated carbocycles. The summed E-state index contributed by atoms with van der Waals surface area (Å²) in [7, 11) is 0. The molecule has 0 aliphatic carbocycles. The van der Waals surface area contributed by atoms with Crippen molar-refractivity contribution in [3.8, 4) is 11.1 Å². The van der Waals surface area contributed by atoms with Crippen molar-refractivity contribution in [3.05, 3.63) is 58.1 Å². The van der Waals surface area contributed by atoms with Gasteiger partial charge in [0.25, 0.3) is 0 Å². The first-order valence-electron chi connectivity index (χ1n) is 4.90. The van der Waals surface area contributed by atoms with E-state index in [0.29, 0.717) is 15.6 Å². The predicted molar refractivity (Wildman–Crippen MR) is 71.8 cm³/mol. The first kappa shape index (κ1) is 12.0. The highest BCUT2D eigenvalue weighted by molar-refractivity contribution is 6.43. The molecule has 1 radical (unpaired) electrons. The highest BCUT2D eigenvalue weighted by Gasteiger charge is 2.08. The molecule has 0 aliphatic heterocycles. The minimum absolute atomic E-state index is 0.0124. The summed E-state index contributed by atoms with van der Waals surface area (Å²) in [6, 6.07) is 13.6. The standard InChI is InChI=1S/C13H9Cl2N2/c14-11-6-2-5-10(12(11)15)8-3-1-4-9(7-8)13(16)17/h1-2,4-7H,(H3,16,17). The third kappa shape index (κ3) is 2.43. The van der Waals surface area contributed by atoms with E-state index in [0.717, 1.165) is 11.1 Å². The van der Waals surface area contributed by atoms with Gasteiger partial charge in [-0.1, -0.05) is 47.5 Å². The Kier molecular flexibility index (Phi) is 3.36. The van der Waals surface area contributed by atoms with Crippen molar-refractivity contribution < 1.29 is 0 Å². The number of hydrogen-bond acceptors (Lipinski definition) is 1. The molecule has 0 heterocycles. The fourth-order valence-corrected chi connectivity index (χ4v) is 1.90. The summed E-state index contributed by atoms with van der Waals surface area (Å²) in [5, 5.41) is 8.36. The molecule has 0 fully saturated rings. The Morgan fingerprint density at radius 1 is 1.24 bits per heavy atom. The van der Waals surface area contributed by atoms with Gasteiger partial charge in [-0.15, -0.1) is 0 Å². The molecule has 2 aromatic carbocycles. The second-order valence-corrected chi connectivity index (χ2v) is 4.29. The summed E-state index contributed by atoms with van der Waals surface area (Å²) in [5.41, 5.74) is 7.62. The third-order valence-corrected chi connectivity index (χ3v) is 3.17. The molecule has 0 spiro atoms. The maximum Gasteiger partial charge on any atom is 0.122 e. The number of nitrogen functional groups attached to an aromatic ring is 1. The molecule has 85 valence electrons. The van der Waals surface area contributed by atoms with Gasteiger partial charge in [-0.2, -0.15) is 0 Å². The average molecular weight is 264 g/mol. The summed E-state index contributed by atoms with van der Waals surface area (Å²) in [6.07, 6.45) is 0. The van der Waals surface area contributed by atoms with Crippen LogP contribution in [0.25, 0.3) is 11.1 Å². The van der Waals surface area contributed by atoms with Gasteiger partial charge in [0.1, 0.15) is 5.84 Å². The van der Waals surface area contributed by atoms with E-state index in [1.54, 1.807) is 24.3 Å². The van der Waals surface area contributed by atoms with Gasteiger partial charge in [0.15, 0.2) is 0 Å². The van der Waals surface area contributed by atoms with Crippen LogP contribution in [0.5, 0.6) is 0 Å². The van der Waals surface area contributed by atoms with Crippen LogP contribution in [0.2, 0.25) is 10.0 Å². The van der Waals surface area contributed by atoms with Crippen molar-refractivity contribution in [2.75, 3.05) is 0 Å². The van der Waals surface area contributed by atoms with Crippen LogP contribution in [-0.4, -0.2) is 5.84 Å². The van der Waals surface area contributed by atoms with Crippen molar-refractivity contribution in [3.63, 3.8) is 0 Å². The number of rotatable bonds is 2. The first-order valence-corrected chi connectivity index (χ1v) is 5.65. The fourth-order valence-electron chi connectivity index (χ4n) is 1.50. The van der Waals surface area contributed by atoms with E-state index in [2.05, 4.69) is 6.07 Å². The van der Waals surface area contributed by atoms with Crippen LogP contribution in [0.1, 0.15) is 5.56 Å². The van der Waals surface area contributed by atoms with Gasteiger partial charge >= 0.3 is 0 Å². The minimum Gasteiger partial charge on any atom is -0.384 e. The van der Waals surface area contributed by atoms with E-state index in [4.69, 9.17) is 34.3 Å². The minimum atomic E-state index is 0.0124. The number of nitrogens with one attached hydrogen (secondary N) is 1. The summed E-state index contributed by atoms with van der Waals surface area (Å²) in [6.45, 7) is 0. The molecule has 0 bridgehead atoms. The number of halogens is 2. The molecule has 2 aromatic rings. The van der Waals surface area contributed by atoms with Gasteiger partial charge < -0.3 is 5.73 Å². The van der Waals surface area contributed by atoms with E-state index in [-0.39, 0.29) is 5.84 Å². The van der Waals surface area contributed by atoms with Crippen LogP contribution >= 0.6 is 23.2 Å². The molecule has 3 N–H and O–H groups in total. The monoisotopic (exact) mass is 263 g/mol. The summed E-state index contributed by atoms with van der Waals surface area (Å²) >= 11 is 12.1. The first-order chi connectivity index (χ1) is 8.09. The van der Waals surface area contributed by atoms with Crippen molar-refractivity contribution in [2.24, 2.45) is 5.73 Å². The molecule has 0 aliphatic rings. The van der Waals surface area contributed by atoms with Crippen LogP contribution in [0.4, 0.5) is 0 Å². The molecular weight excluding hydrogens is 255 g/mol. The lowest BCUT2D eigenvalue weighted by atomic mass is 10.0. The van der Waals surface area contributed by atoms with Gasteiger partial charge in [-0.25, -0.2) is 0 Å². The Bertz CT molecular complexity index is 579. The van der Waals surface area contributed by atoms with Gasteiger partial charge in [0.05, 0.1) is 10.0 Å². The smallest absolute Gasteiger partial charge is 0.122 e. The van der Waals surface area contributed by atoms with Crippen molar-refractivity contribution in [1.82, 2.24) is 0 Å². The zero-order chi connectivity index (χ0) is 12.4. The van der Waals surface area contributed by atoms with Crippen molar-refractivity contribution in [2.45, 2.75) is 0 Å². The van der Waals surface area contributed by atoms with E-state index in [9.17, 15) is 0 Å². The largest absolute Gasteiger partial charge is 0.384 e. The fraction of sp³-hybridized carbons (Fsp3) is 0. The Hall–Kier alpha value is -1.51. The molecule has 0 saturated heterocycles. The molecule has 0 amide bonds. The highest BCUT2D eigenvalue weighted by Crippen LogP contribution is 2.33. The molecular formula is C13H9Cl2N2. The second-order valence-electron chi connectivity index (χ2n) is 3.51. The van der Waals surface area contributed by atoms with Crippen LogP contribution in [0, 0.1) is 11.5 Å². The van der Waals surface area contributed by atoms with Crippen LogP contribution in [0.3, 0.4) is 0 Å². The predicted octanol–water partition coefficient (Wildman–Crippen LogP) is 3.74. The zero-order valence-corrected chi connectivity index (χ0v) is 10.3. The molecule has 4 heteroatoms. The summed E-state index contributed by atoms with van der Waals surface area (Å²) in [4.78, 5) is 0. The average Bonchev–Trinajstić information content (AvgIpc) is 2.33. The Morgan fingerprint density at radius 2 is 2.00 bits per heavy atom. The number of hydrogen-bond donors (Lipinski definition) is 2. The second kappa shape index (κ2) is 4.78. The summed E-state index contributed by atoms with van der Waals surface area (Å²) < 4.78 is 0. The number of nitrogens with two attached hydrogens (primary N) is 1. The highest BCUT2D eigenvalue weighted by atomic mass is 35.5. The molecule has 17 heavy (non-hydrogen) atoms. The van der Waals surface area contributed by atoms with Gasteiger partial charge in [-0.05, 0) is 23.8 Å². The summed E-state index contributed by atoms with van der Waals surface area (Å²) in [5.74, 6) is 0.0124. The number of benzene rings is 2. The topological polar surface area (TPSA) is 49.9 Å². The molecule has 0 atom stereocenters. The Morgan fingerprint density at radius 3 is 2.71 bits per heavy atom. The number of amidine groups is 1. The van der Waals surface area contributed by atoms with Gasteiger partial charge in [0.2, 0.25) is 0 Å². The van der Waals surface area contributed by atoms with Crippen LogP contribution in [0.15, 0.2) is 36.4 Å². The normalized spacial score (nSPS) is 10.2. The molecule has 2 nitrogen and oxygen atoms in total. The van der Waals surface area contributed by atoms with E-state index < -0.39 is 0 Å². The van der Waals surface area contributed by atoms with E-state index in [1.807, 2.05) is 12.1 Å². The lowest BCUT2D eigenvalue weighted by Gasteiger charge is -2.07. The molecule has 0 unspecified atom stereocenters. The van der Waals surface area contributed by atoms with E-state index >= 15 is 0 Å².